The number of carbonyl (C=O) groups excluding carboxylic acids is 1. The van der Waals surface area contributed by atoms with E-state index in [1.54, 1.807) is 12.4 Å². The Morgan fingerprint density at radius 2 is 2.23 bits per heavy atom. The molecule has 22 heavy (non-hydrogen) atoms. The largest absolute Gasteiger partial charge is 0.494 e. The number of nitrogens with zero attached hydrogens (tertiary/aromatic N) is 2. The molecule has 0 radical (unpaired) electrons. The average Bonchev–Trinajstić information content (AvgIpc) is 2.98. The molecule has 8 heteroatoms. The summed E-state index contributed by atoms with van der Waals surface area (Å²) in [6.45, 7) is 0.190. The minimum Gasteiger partial charge on any atom is -0.494 e. The van der Waals surface area contributed by atoms with Crippen LogP contribution in [-0.2, 0) is 6.54 Å². The molecule has 2 rings (SSSR count). The van der Waals surface area contributed by atoms with Crippen molar-refractivity contribution in [2.75, 3.05) is 20.3 Å². The Labute approximate surface area is 137 Å². The topological polar surface area (TPSA) is 78.4 Å². The van der Waals surface area contributed by atoms with Crippen molar-refractivity contribution in [1.82, 2.24) is 14.9 Å². The molecule has 1 amide bonds. The van der Waals surface area contributed by atoms with E-state index in [9.17, 15) is 9.90 Å². The van der Waals surface area contributed by atoms with Crippen molar-refractivity contribution in [2.45, 2.75) is 6.54 Å². The van der Waals surface area contributed by atoms with Crippen molar-refractivity contribution >= 4 is 29.1 Å². The minimum absolute atomic E-state index is 0.146. The molecule has 6 nitrogen and oxygen atoms in total. The van der Waals surface area contributed by atoms with Gasteiger partial charge in [-0.25, -0.2) is 4.98 Å². The molecule has 0 fully saturated rings. The van der Waals surface area contributed by atoms with Crippen LogP contribution in [0.1, 0.15) is 16.2 Å². The number of hydrogen-bond acceptors (Lipinski definition) is 4. The number of imidazole rings is 1. The van der Waals surface area contributed by atoms with Gasteiger partial charge < -0.3 is 19.7 Å². The first-order valence-electron chi connectivity index (χ1n) is 6.48. The number of aromatic nitrogens is 2. The fraction of sp³-hybridized carbons (Fsp3) is 0.286. The minimum atomic E-state index is -0.355. The number of halogens is 2. The molecule has 1 aromatic carbocycles. The van der Waals surface area contributed by atoms with E-state index in [1.807, 2.05) is 0 Å². The number of hydrogen-bond donors (Lipinski definition) is 2. The standard InChI is InChI=1S/C14H15Cl2N3O3/c1-22-13-10(6-9(15)7-11(13)16)14(21)19(4-5-20)8-12-17-2-3-18-12/h2-3,6-7,20H,4-5,8H2,1H3,(H,17,18). The summed E-state index contributed by atoms with van der Waals surface area (Å²) in [6.07, 6.45) is 3.25. The van der Waals surface area contributed by atoms with Crippen LogP contribution in [0.5, 0.6) is 5.75 Å². The molecule has 0 aliphatic heterocycles. The van der Waals surface area contributed by atoms with E-state index < -0.39 is 0 Å². The molecule has 118 valence electrons. The van der Waals surface area contributed by atoms with Gasteiger partial charge in [-0.05, 0) is 12.1 Å². The molecule has 0 unspecified atom stereocenters. The molecule has 2 N–H and O–H groups in total. The van der Waals surface area contributed by atoms with Gasteiger partial charge >= 0.3 is 0 Å². The lowest BCUT2D eigenvalue weighted by Gasteiger charge is -2.22. The second-order valence-corrected chi connectivity index (χ2v) is 5.30. The first-order chi connectivity index (χ1) is 10.6. The number of methoxy groups -OCH3 is 1. The van der Waals surface area contributed by atoms with Gasteiger partial charge in [0.2, 0.25) is 0 Å². The van der Waals surface area contributed by atoms with Crippen molar-refractivity contribution in [3.63, 3.8) is 0 Å². The average molecular weight is 344 g/mol. The Hall–Kier alpha value is -1.76. The van der Waals surface area contributed by atoms with Gasteiger partial charge in [-0.1, -0.05) is 23.2 Å². The van der Waals surface area contributed by atoms with Crippen LogP contribution in [0, 0.1) is 0 Å². The van der Waals surface area contributed by atoms with Gasteiger partial charge in [-0.3, -0.25) is 4.79 Å². The Balaban J connectivity index is 2.34. The first-order valence-corrected chi connectivity index (χ1v) is 7.23. The van der Waals surface area contributed by atoms with E-state index in [-0.39, 0.29) is 41.9 Å². The number of amides is 1. The van der Waals surface area contributed by atoms with Gasteiger partial charge in [0.1, 0.15) is 11.6 Å². The molecule has 2 aromatic rings. The SMILES string of the molecule is COc1c(Cl)cc(Cl)cc1C(=O)N(CCO)Cc1ncc[nH]1. The highest BCUT2D eigenvalue weighted by molar-refractivity contribution is 6.36. The van der Waals surface area contributed by atoms with Crippen molar-refractivity contribution in [1.29, 1.82) is 0 Å². The molecule has 0 aliphatic carbocycles. The second-order valence-electron chi connectivity index (χ2n) is 4.45. The second kappa shape index (κ2) is 7.49. The number of nitrogens with one attached hydrogen (secondary N) is 1. The van der Waals surface area contributed by atoms with Gasteiger partial charge in [-0.15, -0.1) is 0 Å². The zero-order valence-electron chi connectivity index (χ0n) is 11.8. The quantitative estimate of drug-likeness (QED) is 0.843. The molecule has 0 aliphatic rings. The van der Waals surface area contributed by atoms with Gasteiger partial charge in [-0.2, -0.15) is 0 Å². The summed E-state index contributed by atoms with van der Waals surface area (Å²) >= 11 is 12.0. The summed E-state index contributed by atoms with van der Waals surface area (Å²) in [4.78, 5) is 21.1. The molecule has 0 spiro atoms. The maximum Gasteiger partial charge on any atom is 0.258 e. The Kier molecular flexibility index (Phi) is 5.65. The Morgan fingerprint density at radius 3 is 2.82 bits per heavy atom. The van der Waals surface area contributed by atoms with Crippen LogP contribution in [0.25, 0.3) is 0 Å². The van der Waals surface area contributed by atoms with Crippen LogP contribution in [-0.4, -0.2) is 46.1 Å². The molecule has 0 bridgehead atoms. The maximum absolute atomic E-state index is 12.7. The van der Waals surface area contributed by atoms with Crippen LogP contribution in [0.2, 0.25) is 10.0 Å². The van der Waals surface area contributed by atoms with Crippen LogP contribution >= 0.6 is 23.2 Å². The summed E-state index contributed by atoms with van der Waals surface area (Å²) in [5.74, 6) is 0.499. The third kappa shape index (κ3) is 3.71. The lowest BCUT2D eigenvalue weighted by Crippen LogP contribution is -2.33. The molecule has 1 aromatic heterocycles. The first kappa shape index (κ1) is 16.6. The highest BCUT2D eigenvalue weighted by atomic mass is 35.5. The number of aliphatic hydroxyl groups is 1. The molecule has 0 saturated carbocycles. The van der Waals surface area contributed by atoms with Gasteiger partial charge in [0.25, 0.3) is 5.91 Å². The van der Waals surface area contributed by atoms with Gasteiger partial charge in [0.15, 0.2) is 0 Å². The number of benzene rings is 1. The summed E-state index contributed by atoms with van der Waals surface area (Å²) in [6, 6.07) is 2.99. The molecular formula is C14H15Cl2N3O3. The van der Waals surface area contributed by atoms with E-state index >= 15 is 0 Å². The fourth-order valence-corrected chi connectivity index (χ4v) is 2.61. The van der Waals surface area contributed by atoms with Crippen LogP contribution < -0.4 is 4.74 Å². The number of rotatable bonds is 6. The van der Waals surface area contributed by atoms with E-state index in [0.29, 0.717) is 10.8 Å². The Bertz CT molecular complexity index is 647. The Morgan fingerprint density at radius 1 is 1.45 bits per heavy atom. The van der Waals surface area contributed by atoms with E-state index in [1.165, 1.54) is 24.1 Å². The molecule has 0 saturated heterocycles. The van der Waals surface area contributed by atoms with Crippen molar-refractivity contribution in [2.24, 2.45) is 0 Å². The summed E-state index contributed by atoms with van der Waals surface area (Å²) in [5.41, 5.74) is 0.236. The van der Waals surface area contributed by atoms with Crippen LogP contribution in [0.15, 0.2) is 24.5 Å². The van der Waals surface area contributed by atoms with E-state index in [0.717, 1.165) is 0 Å². The van der Waals surface area contributed by atoms with Gasteiger partial charge in [0, 0.05) is 24.0 Å². The maximum atomic E-state index is 12.7. The molecule has 0 atom stereocenters. The number of carbonyl (C=O) groups is 1. The third-order valence-corrected chi connectivity index (χ3v) is 3.49. The number of H-pyrrole nitrogens is 1. The van der Waals surface area contributed by atoms with E-state index in [4.69, 9.17) is 27.9 Å². The normalized spacial score (nSPS) is 10.5. The number of ether oxygens (including phenoxy) is 1. The van der Waals surface area contributed by atoms with Crippen molar-refractivity contribution < 1.29 is 14.6 Å². The third-order valence-electron chi connectivity index (χ3n) is 3.00. The predicted molar refractivity (Wildman–Crippen MR) is 83.4 cm³/mol. The lowest BCUT2D eigenvalue weighted by molar-refractivity contribution is 0.0700. The van der Waals surface area contributed by atoms with Gasteiger partial charge in [0.05, 0.1) is 30.8 Å². The lowest BCUT2D eigenvalue weighted by atomic mass is 10.1. The number of aromatic amines is 1. The summed E-state index contributed by atoms with van der Waals surface area (Å²) < 4.78 is 5.19. The van der Waals surface area contributed by atoms with Crippen LogP contribution in [0.3, 0.4) is 0 Å². The number of aliphatic hydroxyl groups excluding tert-OH is 1. The highest BCUT2D eigenvalue weighted by Crippen LogP contribution is 2.33. The van der Waals surface area contributed by atoms with Crippen molar-refractivity contribution in [3.8, 4) is 5.75 Å². The molecular weight excluding hydrogens is 329 g/mol. The zero-order valence-corrected chi connectivity index (χ0v) is 13.4. The molecule has 1 heterocycles. The fourth-order valence-electron chi connectivity index (χ4n) is 2.04. The smallest absolute Gasteiger partial charge is 0.258 e. The highest BCUT2D eigenvalue weighted by Gasteiger charge is 2.22. The van der Waals surface area contributed by atoms with E-state index in [2.05, 4.69) is 9.97 Å². The zero-order chi connectivity index (χ0) is 16.1. The predicted octanol–water partition coefficient (Wildman–Crippen LogP) is 2.36. The monoisotopic (exact) mass is 343 g/mol. The van der Waals surface area contributed by atoms with Crippen molar-refractivity contribution in [3.05, 3.63) is 46.0 Å². The summed E-state index contributed by atoms with van der Waals surface area (Å²) in [5, 5.41) is 9.77. The van der Waals surface area contributed by atoms with Crippen LogP contribution in [0.4, 0.5) is 0 Å². The summed E-state index contributed by atoms with van der Waals surface area (Å²) in [7, 11) is 1.43.